The fourth-order valence-corrected chi connectivity index (χ4v) is 2.41. The summed E-state index contributed by atoms with van der Waals surface area (Å²) in [4.78, 5) is 12.0. The Kier molecular flexibility index (Phi) is 5.98. The summed E-state index contributed by atoms with van der Waals surface area (Å²) in [5.74, 6) is -0.456. The van der Waals surface area contributed by atoms with Crippen LogP contribution in [0.2, 0.25) is 5.15 Å². The van der Waals surface area contributed by atoms with Gasteiger partial charge in [0.05, 0.1) is 19.8 Å². The Labute approximate surface area is 134 Å². The van der Waals surface area contributed by atoms with E-state index in [-0.39, 0.29) is 5.69 Å². The van der Waals surface area contributed by atoms with Gasteiger partial charge in [-0.15, -0.1) is 0 Å². The van der Waals surface area contributed by atoms with Crippen LogP contribution in [0.25, 0.3) is 0 Å². The Morgan fingerprint density at radius 3 is 2.68 bits per heavy atom. The normalized spacial score (nSPS) is 10.7. The molecule has 2 rings (SSSR count). The van der Waals surface area contributed by atoms with Gasteiger partial charge in [0.25, 0.3) is 0 Å². The molecule has 5 nitrogen and oxygen atoms in total. The largest absolute Gasteiger partial charge is 0.461 e. The Bertz CT molecular complexity index is 626. The predicted octanol–water partition coefficient (Wildman–Crippen LogP) is 2.95. The third kappa shape index (κ3) is 3.87. The number of hydrogen-bond acceptors (Lipinski definition) is 4. The summed E-state index contributed by atoms with van der Waals surface area (Å²) in [6.45, 7) is 3.02. The maximum Gasteiger partial charge on any atom is 0.359 e. The SMILES string of the molecule is CCOC(=O)c1nn(Cc2ccccc2)c(Cl)c1CCOC. The number of ether oxygens (including phenoxy) is 2. The van der Waals surface area contributed by atoms with Gasteiger partial charge in [0, 0.05) is 19.1 Å². The molecule has 0 saturated heterocycles. The number of methoxy groups -OCH3 is 1. The number of carbonyl (C=O) groups is 1. The number of halogens is 1. The second-order valence-corrected chi connectivity index (χ2v) is 5.08. The number of benzene rings is 1. The highest BCUT2D eigenvalue weighted by atomic mass is 35.5. The Morgan fingerprint density at radius 1 is 1.32 bits per heavy atom. The van der Waals surface area contributed by atoms with Crippen LogP contribution >= 0.6 is 11.6 Å². The lowest BCUT2D eigenvalue weighted by Crippen LogP contribution is -2.10. The monoisotopic (exact) mass is 322 g/mol. The summed E-state index contributed by atoms with van der Waals surface area (Å²) in [6.07, 6.45) is 0.512. The summed E-state index contributed by atoms with van der Waals surface area (Å²) in [6, 6.07) is 9.81. The first-order valence-electron chi connectivity index (χ1n) is 7.12. The van der Waals surface area contributed by atoms with Crippen molar-refractivity contribution in [1.29, 1.82) is 0 Å². The molecule has 0 atom stereocenters. The summed E-state index contributed by atoms with van der Waals surface area (Å²) in [5, 5.41) is 4.78. The average molecular weight is 323 g/mol. The van der Waals surface area contributed by atoms with Gasteiger partial charge in [-0.3, -0.25) is 0 Å². The lowest BCUT2D eigenvalue weighted by Gasteiger charge is -2.04. The molecule has 0 N–H and O–H groups in total. The number of esters is 1. The van der Waals surface area contributed by atoms with Crippen molar-refractivity contribution in [2.24, 2.45) is 0 Å². The van der Waals surface area contributed by atoms with Crippen LogP contribution in [-0.4, -0.2) is 36.1 Å². The second kappa shape index (κ2) is 7.96. The fourth-order valence-electron chi connectivity index (χ4n) is 2.13. The quantitative estimate of drug-likeness (QED) is 0.735. The highest BCUT2D eigenvalue weighted by Gasteiger charge is 2.22. The van der Waals surface area contributed by atoms with Crippen molar-refractivity contribution in [2.75, 3.05) is 20.3 Å². The maximum absolute atomic E-state index is 12.0. The first kappa shape index (κ1) is 16.5. The molecule has 118 valence electrons. The van der Waals surface area contributed by atoms with E-state index in [0.29, 0.717) is 36.9 Å². The molecular formula is C16H19ClN2O3. The van der Waals surface area contributed by atoms with Gasteiger partial charge in [0.1, 0.15) is 5.15 Å². The standard InChI is InChI=1S/C16H19ClN2O3/c1-3-22-16(20)14-13(9-10-21-2)15(17)19(18-14)11-12-7-5-4-6-8-12/h4-8H,3,9-11H2,1-2H3. The van der Waals surface area contributed by atoms with Crippen molar-refractivity contribution in [1.82, 2.24) is 9.78 Å². The molecule has 0 fully saturated rings. The van der Waals surface area contributed by atoms with E-state index in [1.807, 2.05) is 30.3 Å². The Morgan fingerprint density at radius 2 is 2.05 bits per heavy atom. The van der Waals surface area contributed by atoms with E-state index in [9.17, 15) is 4.79 Å². The number of nitrogens with zero attached hydrogens (tertiary/aromatic N) is 2. The van der Waals surface area contributed by atoms with E-state index in [1.54, 1.807) is 18.7 Å². The Hall–Kier alpha value is -1.85. The van der Waals surface area contributed by atoms with Crippen LogP contribution in [-0.2, 0) is 22.4 Å². The van der Waals surface area contributed by atoms with Gasteiger partial charge in [-0.2, -0.15) is 5.10 Å². The molecule has 0 saturated carbocycles. The summed E-state index contributed by atoms with van der Waals surface area (Å²) in [5.41, 5.74) is 1.98. The summed E-state index contributed by atoms with van der Waals surface area (Å²) in [7, 11) is 1.60. The van der Waals surface area contributed by atoms with Gasteiger partial charge in [-0.05, 0) is 12.5 Å². The van der Waals surface area contributed by atoms with Gasteiger partial charge in [0.15, 0.2) is 5.69 Å². The number of rotatable bonds is 7. The fraction of sp³-hybridized carbons (Fsp3) is 0.375. The van der Waals surface area contributed by atoms with E-state index in [2.05, 4.69) is 5.10 Å². The van der Waals surface area contributed by atoms with E-state index >= 15 is 0 Å². The highest BCUT2D eigenvalue weighted by molar-refractivity contribution is 6.30. The van der Waals surface area contributed by atoms with Crippen LogP contribution in [0.15, 0.2) is 30.3 Å². The van der Waals surface area contributed by atoms with Crippen molar-refractivity contribution >= 4 is 17.6 Å². The van der Waals surface area contributed by atoms with Crippen molar-refractivity contribution in [3.05, 3.63) is 52.3 Å². The zero-order valence-corrected chi connectivity index (χ0v) is 13.5. The summed E-state index contributed by atoms with van der Waals surface area (Å²) < 4.78 is 11.7. The van der Waals surface area contributed by atoms with Gasteiger partial charge >= 0.3 is 5.97 Å². The molecular weight excluding hydrogens is 304 g/mol. The Balaban J connectivity index is 2.32. The number of carbonyl (C=O) groups excluding carboxylic acids is 1. The lowest BCUT2D eigenvalue weighted by molar-refractivity contribution is 0.0517. The van der Waals surface area contributed by atoms with Gasteiger partial charge in [0.2, 0.25) is 0 Å². The minimum atomic E-state index is -0.456. The van der Waals surface area contributed by atoms with Gasteiger partial charge in [-0.25, -0.2) is 9.48 Å². The zero-order chi connectivity index (χ0) is 15.9. The molecule has 0 aliphatic rings. The third-order valence-corrected chi connectivity index (χ3v) is 3.61. The number of aromatic nitrogens is 2. The van der Waals surface area contributed by atoms with Crippen molar-refractivity contribution < 1.29 is 14.3 Å². The van der Waals surface area contributed by atoms with Crippen LogP contribution in [0.1, 0.15) is 28.5 Å². The zero-order valence-electron chi connectivity index (χ0n) is 12.7. The molecule has 6 heteroatoms. The van der Waals surface area contributed by atoms with Crippen molar-refractivity contribution in [3.8, 4) is 0 Å². The molecule has 22 heavy (non-hydrogen) atoms. The van der Waals surface area contributed by atoms with Crippen LogP contribution in [0.3, 0.4) is 0 Å². The molecule has 0 aliphatic heterocycles. The minimum absolute atomic E-state index is 0.264. The molecule has 2 aromatic rings. The average Bonchev–Trinajstić information content (AvgIpc) is 2.83. The molecule has 0 unspecified atom stereocenters. The minimum Gasteiger partial charge on any atom is -0.461 e. The topological polar surface area (TPSA) is 53.3 Å². The highest BCUT2D eigenvalue weighted by Crippen LogP contribution is 2.23. The van der Waals surface area contributed by atoms with E-state index in [0.717, 1.165) is 5.56 Å². The molecule has 0 radical (unpaired) electrons. The van der Waals surface area contributed by atoms with Crippen molar-refractivity contribution in [2.45, 2.75) is 19.9 Å². The van der Waals surface area contributed by atoms with Crippen LogP contribution in [0.5, 0.6) is 0 Å². The second-order valence-electron chi connectivity index (χ2n) is 4.72. The number of hydrogen-bond donors (Lipinski definition) is 0. The first-order chi connectivity index (χ1) is 10.7. The van der Waals surface area contributed by atoms with Gasteiger partial charge < -0.3 is 9.47 Å². The van der Waals surface area contributed by atoms with Crippen LogP contribution < -0.4 is 0 Å². The third-order valence-electron chi connectivity index (χ3n) is 3.18. The molecule has 0 spiro atoms. The molecule has 0 bridgehead atoms. The molecule has 1 aromatic heterocycles. The molecule has 0 amide bonds. The molecule has 0 aliphatic carbocycles. The van der Waals surface area contributed by atoms with Crippen molar-refractivity contribution in [3.63, 3.8) is 0 Å². The van der Waals surface area contributed by atoms with Crippen LogP contribution in [0.4, 0.5) is 0 Å². The van der Waals surface area contributed by atoms with Crippen LogP contribution in [0, 0.1) is 0 Å². The molecule has 1 aromatic carbocycles. The predicted molar refractivity (Wildman–Crippen MR) is 84.3 cm³/mol. The molecule has 1 heterocycles. The van der Waals surface area contributed by atoms with E-state index in [4.69, 9.17) is 21.1 Å². The smallest absolute Gasteiger partial charge is 0.359 e. The first-order valence-corrected chi connectivity index (χ1v) is 7.50. The summed E-state index contributed by atoms with van der Waals surface area (Å²) >= 11 is 6.40. The maximum atomic E-state index is 12.0. The van der Waals surface area contributed by atoms with E-state index < -0.39 is 5.97 Å². The van der Waals surface area contributed by atoms with E-state index in [1.165, 1.54) is 0 Å². The van der Waals surface area contributed by atoms with Gasteiger partial charge in [-0.1, -0.05) is 41.9 Å². The lowest BCUT2D eigenvalue weighted by atomic mass is 10.2.